The topological polar surface area (TPSA) is 78.7 Å². The monoisotopic (exact) mass is 538 g/mol. The highest BCUT2D eigenvalue weighted by Crippen LogP contribution is 2.35. The zero-order valence-corrected chi connectivity index (χ0v) is 20.9. The van der Waals surface area contributed by atoms with Crippen molar-refractivity contribution in [1.82, 2.24) is 19.6 Å². The Morgan fingerprint density at radius 1 is 1.19 bits per heavy atom. The summed E-state index contributed by atoms with van der Waals surface area (Å²) in [5.41, 5.74) is 0.451. The molecule has 36 heavy (non-hydrogen) atoms. The number of aliphatic hydroxyl groups is 1. The van der Waals surface area contributed by atoms with Crippen LogP contribution in [0.3, 0.4) is 0 Å². The molecule has 0 saturated carbocycles. The maximum Gasteiger partial charge on any atom is 0.416 e. The maximum absolute atomic E-state index is 13.5. The van der Waals surface area contributed by atoms with E-state index in [0.29, 0.717) is 23.0 Å². The molecule has 0 unspecified atom stereocenters. The van der Waals surface area contributed by atoms with Crippen molar-refractivity contribution in [2.75, 3.05) is 27.2 Å². The molecular formula is C24H22ClF3N4O3S. The van der Waals surface area contributed by atoms with E-state index in [9.17, 15) is 27.9 Å². The number of thioether (sulfide) groups is 1. The van der Waals surface area contributed by atoms with E-state index in [1.807, 2.05) is 0 Å². The Labute approximate surface area is 214 Å². The first-order chi connectivity index (χ1) is 16.9. The molecule has 2 amide bonds. The molecule has 1 aliphatic heterocycles. The Balaban J connectivity index is 1.55. The summed E-state index contributed by atoms with van der Waals surface area (Å²) < 4.78 is 41.8. The van der Waals surface area contributed by atoms with Gasteiger partial charge in [-0.15, -0.1) is 0 Å². The van der Waals surface area contributed by atoms with E-state index in [-0.39, 0.29) is 28.6 Å². The van der Waals surface area contributed by atoms with Crippen LogP contribution in [0.1, 0.15) is 16.7 Å². The number of β-amino-alcohol motifs (C(OH)–C–C–N with tert-alkyl or cyclic N) is 1. The molecule has 4 rings (SSSR count). The van der Waals surface area contributed by atoms with Gasteiger partial charge in [0.25, 0.3) is 11.1 Å². The van der Waals surface area contributed by atoms with Gasteiger partial charge in [-0.25, -0.2) is 0 Å². The number of benzene rings is 2. The zero-order chi connectivity index (χ0) is 26.2. The molecule has 190 valence electrons. The summed E-state index contributed by atoms with van der Waals surface area (Å²) in [4.78, 5) is 28.0. The molecule has 7 nitrogen and oxygen atoms in total. The van der Waals surface area contributed by atoms with Crippen LogP contribution in [0.25, 0.3) is 17.0 Å². The molecule has 12 heteroatoms. The van der Waals surface area contributed by atoms with Crippen molar-refractivity contribution in [2.45, 2.75) is 18.8 Å². The molecule has 0 radical (unpaired) electrons. The molecule has 1 atom stereocenters. The van der Waals surface area contributed by atoms with E-state index in [4.69, 9.17) is 11.6 Å². The van der Waals surface area contributed by atoms with E-state index < -0.39 is 29.0 Å². The number of hydrogen-bond acceptors (Lipinski definition) is 6. The third kappa shape index (κ3) is 5.75. The van der Waals surface area contributed by atoms with Gasteiger partial charge in [-0.05, 0) is 67.3 Å². The molecule has 2 heterocycles. The first kappa shape index (κ1) is 26.2. The third-order valence-electron chi connectivity index (χ3n) is 5.50. The fourth-order valence-corrected chi connectivity index (χ4v) is 4.95. The lowest BCUT2D eigenvalue weighted by atomic mass is 10.1. The lowest BCUT2D eigenvalue weighted by Crippen LogP contribution is -2.40. The number of carbonyl (C=O) groups excluding carboxylic acids is 2. The fraction of sp³-hybridized carbons (Fsp3) is 0.292. The van der Waals surface area contributed by atoms with Gasteiger partial charge in [-0.2, -0.15) is 18.3 Å². The van der Waals surface area contributed by atoms with Gasteiger partial charge in [0.1, 0.15) is 0 Å². The fourth-order valence-electron chi connectivity index (χ4n) is 3.93. The number of imide groups is 1. The number of aliphatic hydroxyl groups excluding tert-OH is 1. The van der Waals surface area contributed by atoms with Crippen LogP contribution in [-0.2, 0) is 17.5 Å². The molecule has 1 fully saturated rings. The standard InChI is InChI=1S/C24H22ClF3N4O3S/c1-30(2)12-18(33)13-31-22(34)21(36-23(31)35)8-14-3-6-20-16(7-14)10-29-32(20)11-15-4-5-17(25)9-19(15)24(26,27)28/h3-10,18,33H,11-13H2,1-2H3/t18-/m0/s1. The van der Waals surface area contributed by atoms with E-state index in [1.54, 1.807) is 43.3 Å². The normalized spacial score (nSPS) is 16.7. The second-order valence-electron chi connectivity index (χ2n) is 8.63. The summed E-state index contributed by atoms with van der Waals surface area (Å²) >= 11 is 6.56. The molecule has 1 aliphatic rings. The van der Waals surface area contributed by atoms with Crippen molar-refractivity contribution < 1.29 is 27.9 Å². The highest BCUT2D eigenvalue weighted by atomic mass is 35.5. The number of alkyl halides is 3. The minimum Gasteiger partial charge on any atom is -0.390 e. The number of carbonyl (C=O) groups is 2. The first-order valence-corrected chi connectivity index (χ1v) is 12.0. The Morgan fingerprint density at radius 3 is 2.64 bits per heavy atom. The molecule has 0 spiro atoms. The van der Waals surface area contributed by atoms with Gasteiger partial charge in [-0.1, -0.05) is 23.7 Å². The number of rotatable bonds is 7. The Hall–Kier alpha value is -2.86. The summed E-state index contributed by atoms with van der Waals surface area (Å²) in [5.74, 6) is -0.485. The lowest BCUT2D eigenvalue weighted by Gasteiger charge is -2.20. The van der Waals surface area contributed by atoms with Crippen LogP contribution in [-0.4, -0.2) is 69.1 Å². The van der Waals surface area contributed by atoms with E-state index in [0.717, 1.165) is 22.7 Å². The minimum atomic E-state index is -4.55. The van der Waals surface area contributed by atoms with Gasteiger partial charge in [0.2, 0.25) is 0 Å². The van der Waals surface area contributed by atoms with Crippen molar-refractivity contribution in [2.24, 2.45) is 0 Å². The van der Waals surface area contributed by atoms with Crippen LogP contribution < -0.4 is 0 Å². The van der Waals surface area contributed by atoms with Crippen molar-refractivity contribution >= 4 is 51.5 Å². The van der Waals surface area contributed by atoms with Gasteiger partial charge in [-0.3, -0.25) is 19.2 Å². The Morgan fingerprint density at radius 2 is 1.94 bits per heavy atom. The summed E-state index contributed by atoms with van der Waals surface area (Å²) in [6.07, 6.45) is -2.32. The van der Waals surface area contributed by atoms with E-state index >= 15 is 0 Å². The maximum atomic E-state index is 13.5. The van der Waals surface area contributed by atoms with Crippen molar-refractivity contribution in [1.29, 1.82) is 0 Å². The molecule has 0 aliphatic carbocycles. The predicted molar refractivity (Wildman–Crippen MR) is 133 cm³/mol. The highest BCUT2D eigenvalue weighted by Gasteiger charge is 2.36. The quantitative estimate of drug-likeness (QED) is 0.439. The van der Waals surface area contributed by atoms with Crippen LogP contribution in [0.4, 0.5) is 18.0 Å². The number of amides is 2. The number of nitrogens with zero attached hydrogens (tertiary/aromatic N) is 4. The molecule has 2 aromatic carbocycles. The third-order valence-corrected chi connectivity index (χ3v) is 6.65. The molecular weight excluding hydrogens is 517 g/mol. The Kier molecular flexibility index (Phi) is 7.46. The van der Waals surface area contributed by atoms with Gasteiger partial charge >= 0.3 is 6.18 Å². The van der Waals surface area contributed by atoms with Gasteiger partial charge in [0, 0.05) is 17.0 Å². The van der Waals surface area contributed by atoms with Gasteiger partial charge in [0.15, 0.2) is 0 Å². The number of fused-ring (bicyclic) bond motifs is 1. The second kappa shape index (κ2) is 10.3. The summed E-state index contributed by atoms with van der Waals surface area (Å²) in [7, 11) is 3.56. The summed E-state index contributed by atoms with van der Waals surface area (Å²) in [6.45, 7) is 0.0988. The van der Waals surface area contributed by atoms with Crippen LogP contribution in [0.5, 0.6) is 0 Å². The number of aromatic nitrogens is 2. The van der Waals surface area contributed by atoms with Crippen LogP contribution in [0, 0.1) is 0 Å². The Bertz CT molecular complexity index is 1360. The van der Waals surface area contributed by atoms with Crippen LogP contribution >= 0.6 is 23.4 Å². The van der Waals surface area contributed by atoms with E-state index in [1.165, 1.54) is 23.0 Å². The smallest absolute Gasteiger partial charge is 0.390 e. The van der Waals surface area contributed by atoms with Crippen molar-refractivity contribution in [3.05, 3.63) is 69.2 Å². The predicted octanol–water partition coefficient (Wildman–Crippen LogP) is 4.72. The number of halogens is 4. The average Bonchev–Trinajstić information content (AvgIpc) is 3.29. The van der Waals surface area contributed by atoms with Crippen molar-refractivity contribution in [3.63, 3.8) is 0 Å². The van der Waals surface area contributed by atoms with Crippen LogP contribution in [0.2, 0.25) is 5.02 Å². The van der Waals surface area contributed by atoms with Gasteiger partial charge in [0.05, 0.1) is 41.4 Å². The molecule has 0 bridgehead atoms. The average molecular weight is 539 g/mol. The minimum absolute atomic E-state index is 0.00216. The summed E-state index contributed by atoms with van der Waals surface area (Å²) in [6, 6.07) is 8.76. The molecule has 1 N–H and O–H groups in total. The first-order valence-electron chi connectivity index (χ1n) is 10.8. The van der Waals surface area contributed by atoms with E-state index in [2.05, 4.69) is 5.10 Å². The number of hydrogen-bond donors (Lipinski definition) is 1. The highest BCUT2D eigenvalue weighted by molar-refractivity contribution is 8.18. The summed E-state index contributed by atoms with van der Waals surface area (Å²) in [5, 5.41) is 14.5. The zero-order valence-electron chi connectivity index (χ0n) is 19.3. The number of likely N-dealkylation sites (N-methyl/N-ethyl adjacent to an activating group) is 1. The molecule has 1 saturated heterocycles. The van der Waals surface area contributed by atoms with Crippen LogP contribution in [0.15, 0.2) is 47.5 Å². The largest absolute Gasteiger partial charge is 0.416 e. The van der Waals surface area contributed by atoms with Crippen molar-refractivity contribution in [3.8, 4) is 0 Å². The molecule has 1 aromatic heterocycles. The second-order valence-corrected chi connectivity index (χ2v) is 10.1. The molecule has 3 aromatic rings. The SMILES string of the molecule is CN(C)C[C@H](O)CN1C(=O)SC(=Cc2ccc3c(cnn3Cc3ccc(Cl)cc3C(F)(F)F)c2)C1=O. The lowest BCUT2D eigenvalue weighted by molar-refractivity contribution is -0.138. The van der Waals surface area contributed by atoms with Gasteiger partial charge < -0.3 is 10.0 Å².